The zero-order valence-corrected chi connectivity index (χ0v) is 10.3. The summed E-state index contributed by atoms with van der Waals surface area (Å²) >= 11 is 0. The molecule has 0 saturated carbocycles. The van der Waals surface area contributed by atoms with Crippen molar-refractivity contribution in [2.75, 3.05) is 19.8 Å². The average molecular weight is 226 g/mol. The van der Waals surface area contributed by atoms with Gasteiger partial charge in [0, 0.05) is 6.61 Å². The van der Waals surface area contributed by atoms with Gasteiger partial charge in [0.25, 0.3) is 0 Å². The molecule has 16 heavy (non-hydrogen) atoms. The molecule has 2 N–H and O–H groups in total. The Labute approximate surface area is 97.1 Å². The third-order valence-electron chi connectivity index (χ3n) is 3.92. The van der Waals surface area contributed by atoms with Crippen LogP contribution >= 0.6 is 0 Å². The van der Waals surface area contributed by atoms with Crippen LogP contribution in [0.5, 0.6) is 0 Å². The first-order valence-electron chi connectivity index (χ1n) is 6.26. The summed E-state index contributed by atoms with van der Waals surface area (Å²) in [5.41, 5.74) is -0.491. The average Bonchev–Trinajstić information content (AvgIpc) is 2.87. The maximum atomic E-state index is 12.3. The van der Waals surface area contributed by atoms with Gasteiger partial charge in [0.2, 0.25) is 5.91 Å². The second-order valence-corrected chi connectivity index (χ2v) is 5.28. The van der Waals surface area contributed by atoms with E-state index in [1.165, 1.54) is 0 Å². The molecular formula is C12H22N2O2. The van der Waals surface area contributed by atoms with Gasteiger partial charge in [-0.3, -0.25) is 4.79 Å². The maximum absolute atomic E-state index is 12.3. The van der Waals surface area contributed by atoms with E-state index < -0.39 is 0 Å². The number of ether oxygens (including phenoxy) is 1. The molecule has 4 nitrogen and oxygen atoms in total. The van der Waals surface area contributed by atoms with Crippen LogP contribution in [0.1, 0.15) is 39.5 Å². The van der Waals surface area contributed by atoms with Gasteiger partial charge in [-0.2, -0.15) is 0 Å². The van der Waals surface area contributed by atoms with Crippen LogP contribution in [0.15, 0.2) is 0 Å². The number of amides is 1. The van der Waals surface area contributed by atoms with Crippen LogP contribution in [0.25, 0.3) is 0 Å². The van der Waals surface area contributed by atoms with Gasteiger partial charge >= 0.3 is 0 Å². The minimum Gasteiger partial charge on any atom is -0.379 e. The van der Waals surface area contributed by atoms with Crippen LogP contribution in [0.2, 0.25) is 0 Å². The molecule has 0 aromatic carbocycles. The molecule has 0 aromatic rings. The van der Waals surface area contributed by atoms with Crippen LogP contribution in [0.4, 0.5) is 0 Å². The fourth-order valence-electron chi connectivity index (χ4n) is 2.62. The summed E-state index contributed by atoms with van der Waals surface area (Å²) in [7, 11) is 0. The minimum atomic E-state index is -0.328. The van der Waals surface area contributed by atoms with Gasteiger partial charge < -0.3 is 15.4 Å². The standard InChI is InChI=1S/C12H22N2O2/c1-3-12(5-4-7-13-12)10(15)14-11(2)6-8-16-9-11/h13H,3-9H2,1-2H3,(H,14,15). The molecular weight excluding hydrogens is 204 g/mol. The van der Waals surface area contributed by atoms with E-state index >= 15 is 0 Å². The van der Waals surface area contributed by atoms with Crippen LogP contribution in [0.3, 0.4) is 0 Å². The van der Waals surface area contributed by atoms with Gasteiger partial charge in [0.05, 0.1) is 17.7 Å². The summed E-state index contributed by atoms with van der Waals surface area (Å²) in [4.78, 5) is 12.3. The number of nitrogens with one attached hydrogen (secondary N) is 2. The molecule has 2 aliphatic rings. The maximum Gasteiger partial charge on any atom is 0.240 e. The van der Waals surface area contributed by atoms with Gasteiger partial charge in [-0.1, -0.05) is 6.92 Å². The molecule has 2 unspecified atom stereocenters. The van der Waals surface area contributed by atoms with Crippen molar-refractivity contribution in [1.29, 1.82) is 0 Å². The Balaban J connectivity index is 2.01. The Morgan fingerprint density at radius 2 is 2.31 bits per heavy atom. The summed E-state index contributed by atoms with van der Waals surface area (Å²) in [5.74, 6) is 0.153. The summed E-state index contributed by atoms with van der Waals surface area (Å²) in [5, 5.41) is 6.52. The van der Waals surface area contributed by atoms with E-state index in [0.29, 0.717) is 6.61 Å². The first kappa shape index (κ1) is 11.9. The van der Waals surface area contributed by atoms with Gasteiger partial charge in [0.1, 0.15) is 0 Å². The highest BCUT2D eigenvalue weighted by Gasteiger charge is 2.42. The molecule has 0 radical (unpaired) electrons. The van der Waals surface area contributed by atoms with E-state index in [2.05, 4.69) is 24.5 Å². The molecule has 0 bridgehead atoms. The predicted octanol–water partition coefficient (Wildman–Crippen LogP) is 0.814. The molecule has 2 rings (SSSR count). The first-order valence-corrected chi connectivity index (χ1v) is 6.26. The van der Waals surface area contributed by atoms with E-state index in [4.69, 9.17) is 4.74 Å². The Bertz CT molecular complexity index is 266. The summed E-state index contributed by atoms with van der Waals surface area (Å²) in [6, 6.07) is 0. The molecule has 0 spiro atoms. The lowest BCUT2D eigenvalue weighted by molar-refractivity contribution is -0.129. The lowest BCUT2D eigenvalue weighted by Crippen LogP contribution is -2.59. The first-order chi connectivity index (χ1) is 7.60. The Morgan fingerprint density at radius 1 is 1.50 bits per heavy atom. The van der Waals surface area contributed by atoms with E-state index in [9.17, 15) is 4.79 Å². The Kier molecular flexibility index (Phi) is 3.22. The van der Waals surface area contributed by atoms with Crippen LogP contribution in [0, 0.1) is 0 Å². The lowest BCUT2D eigenvalue weighted by Gasteiger charge is -2.32. The predicted molar refractivity (Wildman–Crippen MR) is 62.2 cm³/mol. The zero-order valence-electron chi connectivity index (χ0n) is 10.3. The fraction of sp³-hybridized carbons (Fsp3) is 0.917. The smallest absolute Gasteiger partial charge is 0.240 e. The molecule has 2 fully saturated rings. The normalized spacial score (nSPS) is 38.9. The quantitative estimate of drug-likeness (QED) is 0.749. The number of hydrogen-bond donors (Lipinski definition) is 2. The largest absolute Gasteiger partial charge is 0.379 e. The molecule has 0 aliphatic carbocycles. The molecule has 0 aromatic heterocycles. The second-order valence-electron chi connectivity index (χ2n) is 5.28. The second kappa shape index (κ2) is 4.34. The lowest BCUT2D eigenvalue weighted by atomic mass is 9.91. The highest BCUT2D eigenvalue weighted by Crippen LogP contribution is 2.25. The van der Waals surface area contributed by atoms with Crippen molar-refractivity contribution < 1.29 is 9.53 Å². The van der Waals surface area contributed by atoms with Crippen molar-refractivity contribution in [1.82, 2.24) is 10.6 Å². The van der Waals surface area contributed by atoms with Crippen molar-refractivity contribution >= 4 is 5.91 Å². The number of carbonyl (C=O) groups excluding carboxylic acids is 1. The molecule has 2 heterocycles. The number of carbonyl (C=O) groups is 1. The van der Waals surface area contributed by atoms with Crippen LogP contribution in [-0.2, 0) is 9.53 Å². The number of rotatable bonds is 3. The fourth-order valence-corrected chi connectivity index (χ4v) is 2.62. The van der Waals surface area contributed by atoms with Gasteiger partial charge in [-0.05, 0) is 39.2 Å². The third kappa shape index (κ3) is 2.09. The summed E-state index contributed by atoms with van der Waals surface area (Å²) in [6.07, 6.45) is 3.81. The van der Waals surface area contributed by atoms with Crippen molar-refractivity contribution in [3.8, 4) is 0 Å². The molecule has 92 valence electrons. The SMILES string of the molecule is CCC1(C(=O)NC2(C)CCOC2)CCCN1. The Morgan fingerprint density at radius 3 is 2.81 bits per heavy atom. The highest BCUT2D eigenvalue weighted by molar-refractivity contribution is 5.87. The summed E-state index contributed by atoms with van der Waals surface area (Å²) in [6.45, 7) is 6.48. The van der Waals surface area contributed by atoms with Gasteiger partial charge in [-0.15, -0.1) is 0 Å². The highest BCUT2D eigenvalue weighted by atomic mass is 16.5. The van der Waals surface area contributed by atoms with Crippen molar-refractivity contribution in [3.05, 3.63) is 0 Å². The van der Waals surface area contributed by atoms with E-state index in [1.54, 1.807) is 0 Å². The van der Waals surface area contributed by atoms with Crippen molar-refractivity contribution in [2.24, 2.45) is 0 Å². The van der Waals surface area contributed by atoms with Crippen molar-refractivity contribution in [2.45, 2.75) is 50.6 Å². The number of hydrogen-bond acceptors (Lipinski definition) is 3. The van der Waals surface area contributed by atoms with Crippen LogP contribution < -0.4 is 10.6 Å². The monoisotopic (exact) mass is 226 g/mol. The minimum absolute atomic E-state index is 0.153. The van der Waals surface area contributed by atoms with Gasteiger partial charge in [-0.25, -0.2) is 0 Å². The molecule has 2 aliphatic heterocycles. The van der Waals surface area contributed by atoms with Crippen LogP contribution in [-0.4, -0.2) is 36.7 Å². The zero-order chi connectivity index (χ0) is 11.6. The van der Waals surface area contributed by atoms with E-state index in [1.807, 2.05) is 0 Å². The molecule has 1 amide bonds. The van der Waals surface area contributed by atoms with Gasteiger partial charge in [0.15, 0.2) is 0 Å². The molecule has 4 heteroatoms. The Hall–Kier alpha value is -0.610. The molecule has 2 atom stereocenters. The van der Waals surface area contributed by atoms with Crippen molar-refractivity contribution in [3.63, 3.8) is 0 Å². The van der Waals surface area contributed by atoms with E-state index in [-0.39, 0.29) is 17.0 Å². The third-order valence-corrected chi connectivity index (χ3v) is 3.92. The van der Waals surface area contributed by atoms with E-state index in [0.717, 1.165) is 38.8 Å². The topological polar surface area (TPSA) is 50.4 Å². The summed E-state index contributed by atoms with van der Waals surface area (Å²) < 4.78 is 5.36. The molecule has 2 saturated heterocycles.